The number of fused-ring (bicyclic) bond motifs is 1. The van der Waals surface area contributed by atoms with Crippen molar-refractivity contribution < 1.29 is 9.59 Å². The Bertz CT molecular complexity index is 700. The molecule has 140 valence electrons. The number of imide groups is 1. The molecule has 2 N–H and O–H groups in total. The van der Waals surface area contributed by atoms with Gasteiger partial charge in [-0.2, -0.15) is 0 Å². The van der Waals surface area contributed by atoms with Gasteiger partial charge in [0.2, 0.25) is 12.3 Å². The highest BCUT2D eigenvalue weighted by Crippen LogP contribution is 2.37. The summed E-state index contributed by atoms with van der Waals surface area (Å²) in [5.41, 5.74) is 5.03. The molecule has 2 aliphatic heterocycles. The van der Waals surface area contributed by atoms with Gasteiger partial charge in [0, 0.05) is 36.3 Å². The number of nitrogens with one attached hydrogen (secondary N) is 2. The molecule has 0 spiro atoms. The van der Waals surface area contributed by atoms with Crippen molar-refractivity contribution in [2.24, 2.45) is 0 Å². The van der Waals surface area contributed by atoms with Crippen LogP contribution in [0, 0.1) is 0 Å². The zero-order chi connectivity index (χ0) is 18.7. The zero-order valence-electron chi connectivity index (χ0n) is 15.8. The molecule has 3 rings (SSSR count). The van der Waals surface area contributed by atoms with Crippen molar-refractivity contribution in [2.75, 3.05) is 6.54 Å². The van der Waals surface area contributed by atoms with E-state index < -0.39 is 0 Å². The van der Waals surface area contributed by atoms with E-state index in [4.69, 9.17) is 0 Å². The van der Waals surface area contributed by atoms with Crippen LogP contribution in [0.25, 0.3) is 5.70 Å². The Morgan fingerprint density at radius 3 is 3.04 bits per heavy atom. The highest BCUT2D eigenvalue weighted by Gasteiger charge is 2.28. The Labute approximate surface area is 155 Å². The highest BCUT2D eigenvalue weighted by atomic mass is 16.2. The van der Waals surface area contributed by atoms with Crippen LogP contribution in [-0.2, 0) is 16.1 Å². The molecule has 1 saturated heterocycles. The third kappa shape index (κ3) is 3.98. The van der Waals surface area contributed by atoms with Gasteiger partial charge in [0.05, 0.1) is 0 Å². The van der Waals surface area contributed by atoms with Crippen molar-refractivity contribution in [3.8, 4) is 0 Å². The Morgan fingerprint density at radius 2 is 2.31 bits per heavy atom. The number of hydrogen-bond donors (Lipinski definition) is 2. The predicted octanol–water partition coefficient (Wildman–Crippen LogP) is 2.77. The van der Waals surface area contributed by atoms with Crippen molar-refractivity contribution in [1.82, 2.24) is 15.5 Å². The molecule has 1 aromatic carbocycles. The van der Waals surface area contributed by atoms with E-state index in [0.717, 1.165) is 18.8 Å². The maximum atomic E-state index is 11.5. The number of rotatable bonds is 6. The highest BCUT2D eigenvalue weighted by molar-refractivity contribution is 5.85. The fourth-order valence-electron chi connectivity index (χ4n) is 4.20. The minimum Gasteiger partial charge on any atom is -0.364 e. The number of amides is 2. The Kier molecular flexibility index (Phi) is 5.77. The number of hydrogen-bond acceptors (Lipinski definition) is 4. The minimum atomic E-state index is -0.225. The maximum absolute atomic E-state index is 11.5. The van der Waals surface area contributed by atoms with Gasteiger partial charge < -0.3 is 10.2 Å². The third-order valence-electron chi connectivity index (χ3n) is 5.76. The van der Waals surface area contributed by atoms with E-state index in [2.05, 4.69) is 54.2 Å². The summed E-state index contributed by atoms with van der Waals surface area (Å²) in [6, 6.07) is 7.61. The first-order valence-electron chi connectivity index (χ1n) is 9.54. The molecule has 5 nitrogen and oxygen atoms in total. The van der Waals surface area contributed by atoms with Gasteiger partial charge in [-0.15, -0.1) is 0 Å². The molecule has 0 radical (unpaired) electrons. The van der Waals surface area contributed by atoms with Crippen LogP contribution >= 0.6 is 0 Å². The fraction of sp³-hybridized carbons (Fsp3) is 0.524. The molecule has 2 amide bonds. The number of benzene rings is 1. The number of piperidine rings is 1. The average Bonchev–Trinajstić information content (AvgIpc) is 2.96. The first-order valence-corrected chi connectivity index (χ1v) is 9.54. The van der Waals surface area contributed by atoms with E-state index in [1.807, 2.05) is 0 Å². The largest absolute Gasteiger partial charge is 0.364 e. The lowest BCUT2D eigenvalue weighted by Crippen LogP contribution is -2.34. The van der Waals surface area contributed by atoms with Crippen molar-refractivity contribution in [2.45, 2.75) is 64.1 Å². The van der Waals surface area contributed by atoms with Crippen LogP contribution in [0.15, 0.2) is 24.8 Å². The molecule has 1 fully saturated rings. The molecule has 1 aromatic rings. The van der Waals surface area contributed by atoms with Gasteiger partial charge in [0.15, 0.2) is 0 Å². The average molecular weight is 355 g/mol. The summed E-state index contributed by atoms with van der Waals surface area (Å²) in [5.74, 6) is 0.403. The van der Waals surface area contributed by atoms with Crippen molar-refractivity contribution in [3.63, 3.8) is 0 Å². The quantitative estimate of drug-likeness (QED) is 0.771. The molecule has 3 atom stereocenters. The predicted molar refractivity (Wildman–Crippen MR) is 103 cm³/mol. The second-order valence-electron chi connectivity index (χ2n) is 7.64. The second kappa shape index (κ2) is 8.04. The first kappa shape index (κ1) is 18.6. The lowest BCUT2D eigenvalue weighted by Gasteiger charge is -2.28. The molecule has 26 heavy (non-hydrogen) atoms. The molecule has 0 aromatic heterocycles. The molecule has 5 heteroatoms. The molecular formula is C21H29N3O2. The summed E-state index contributed by atoms with van der Waals surface area (Å²) >= 11 is 0. The fourth-order valence-corrected chi connectivity index (χ4v) is 4.20. The van der Waals surface area contributed by atoms with Crippen LogP contribution in [0.1, 0.15) is 62.1 Å². The SMILES string of the molecule is C=C1c2ccc(C3CCNC(C)C3)cc2CN1C(C)CCC(=O)NC=O. The summed E-state index contributed by atoms with van der Waals surface area (Å²) in [4.78, 5) is 24.1. The van der Waals surface area contributed by atoms with E-state index in [1.165, 1.54) is 29.5 Å². The second-order valence-corrected chi connectivity index (χ2v) is 7.64. The standard InChI is InChI=1S/C21H29N3O2/c1-14-10-18(8-9-22-14)17-5-6-20-16(3)24(12-19(20)11-17)15(2)4-7-21(26)23-13-25/h5-6,11,13-15,18,22H,3-4,7-10,12H2,1-2H3,(H,23,25,26). The van der Waals surface area contributed by atoms with E-state index in [-0.39, 0.29) is 11.9 Å². The number of carbonyl (C=O) groups excluding carboxylic acids is 2. The summed E-state index contributed by atoms with van der Waals surface area (Å²) in [6.45, 7) is 10.6. The zero-order valence-corrected chi connectivity index (χ0v) is 15.8. The van der Waals surface area contributed by atoms with Crippen LogP contribution in [0.4, 0.5) is 0 Å². The summed E-state index contributed by atoms with van der Waals surface area (Å²) in [7, 11) is 0. The van der Waals surface area contributed by atoms with Gasteiger partial charge in [-0.25, -0.2) is 0 Å². The maximum Gasteiger partial charge on any atom is 0.226 e. The first-order chi connectivity index (χ1) is 12.5. The van der Waals surface area contributed by atoms with E-state index in [9.17, 15) is 9.59 Å². The molecule has 2 heterocycles. The minimum absolute atomic E-state index is 0.203. The van der Waals surface area contributed by atoms with E-state index in [1.54, 1.807) is 0 Å². The molecule has 0 aliphatic carbocycles. The normalized spacial score (nSPS) is 23.5. The van der Waals surface area contributed by atoms with Gasteiger partial charge in [0.25, 0.3) is 0 Å². The lowest BCUT2D eigenvalue weighted by atomic mass is 9.86. The molecule has 2 aliphatic rings. The van der Waals surface area contributed by atoms with Crippen molar-refractivity contribution >= 4 is 18.0 Å². The van der Waals surface area contributed by atoms with Crippen molar-refractivity contribution in [1.29, 1.82) is 0 Å². The van der Waals surface area contributed by atoms with Crippen LogP contribution in [0.3, 0.4) is 0 Å². The summed E-state index contributed by atoms with van der Waals surface area (Å²) in [6.07, 6.45) is 3.87. The van der Waals surface area contributed by atoms with Gasteiger partial charge in [-0.05, 0) is 56.7 Å². The Hall–Kier alpha value is -2.14. The molecular weight excluding hydrogens is 326 g/mol. The van der Waals surface area contributed by atoms with Gasteiger partial charge >= 0.3 is 0 Å². The van der Waals surface area contributed by atoms with Crippen LogP contribution < -0.4 is 10.6 Å². The van der Waals surface area contributed by atoms with Gasteiger partial charge in [-0.1, -0.05) is 24.8 Å². The molecule has 0 bridgehead atoms. The van der Waals surface area contributed by atoms with Crippen LogP contribution in [-0.4, -0.2) is 35.8 Å². The van der Waals surface area contributed by atoms with Gasteiger partial charge in [-0.3, -0.25) is 14.9 Å². The molecule has 0 saturated carbocycles. The summed E-state index contributed by atoms with van der Waals surface area (Å²) < 4.78 is 0. The monoisotopic (exact) mass is 355 g/mol. The Balaban J connectivity index is 1.66. The Morgan fingerprint density at radius 1 is 1.50 bits per heavy atom. The van der Waals surface area contributed by atoms with E-state index in [0.29, 0.717) is 31.2 Å². The van der Waals surface area contributed by atoms with Crippen LogP contribution in [0.2, 0.25) is 0 Å². The summed E-state index contributed by atoms with van der Waals surface area (Å²) in [5, 5.41) is 5.72. The topological polar surface area (TPSA) is 61.4 Å². The lowest BCUT2D eigenvalue weighted by molar-refractivity contribution is -0.125. The smallest absolute Gasteiger partial charge is 0.226 e. The van der Waals surface area contributed by atoms with Crippen LogP contribution in [0.5, 0.6) is 0 Å². The van der Waals surface area contributed by atoms with Crippen molar-refractivity contribution in [3.05, 3.63) is 41.5 Å². The third-order valence-corrected chi connectivity index (χ3v) is 5.76. The molecule has 3 unspecified atom stereocenters. The number of carbonyl (C=O) groups is 2. The number of nitrogens with zero attached hydrogens (tertiary/aromatic N) is 1. The van der Waals surface area contributed by atoms with E-state index >= 15 is 0 Å². The van der Waals surface area contributed by atoms with Gasteiger partial charge in [0.1, 0.15) is 0 Å².